The summed E-state index contributed by atoms with van der Waals surface area (Å²) in [5.41, 5.74) is 2.28. The lowest BCUT2D eigenvalue weighted by molar-refractivity contribution is 0.756. The first-order valence-electron chi connectivity index (χ1n) is 4.38. The van der Waals surface area contributed by atoms with E-state index in [1.165, 1.54) is 5.56 Å². The summed E-state index contributed by atoms with van der Waals surface area (Å²) in [6, 6.07) is 0. The Kier molecular flexibility index (Phi) is 2.49. The van der Waals surface area contributed by atoms with Crippen molar-refractivity contribution in [3.8, 4) is 0 Å². The molecule has 74 valence electrons. The summed E-state index contributed by atoms with van der Waals surface area (Å²) >= 11 is 1.61. The number of hydrogen-bond acceptors (Lipinski definition) is 4. The predicted octanol–water partition coefficient (Wildman–Crippen LogP) is 1.80. The molecule has 4 nitrogen and oxygen atoms in total. The first-order chi connectivity index (χ1) is 6.75. The van der Waals surface area contributed by atoms with E-state index in [-0.39, 0.29) is 0 Å². The monoisotopic (exact) mass is 208 g/mol. The zero-order valence-electron chi connectivity index (χ0n) is 8.19. The van der Waals surface area contributed by atoms with Crippen LogP contribution in [0.25, 0.3) is 0 Å². The van der Waals surface area contributed by atoms with Crippen LogP contribution in [-0.2, 0) is 13.6 Å². The molecule has 1 N–H and O–H groups in total. The van der Waals surface area contributed by atoms with Crippen LogP contribution in [0.2, 0.25) is 0 Å². The van der Waals surface area contributed by atoms with E-state index < -0.39 is 0 Å². The van der Waals surface area contributed by atoms with Gasteiger partial charge in [-0.2, -0.15) is 5.10 Å². The van der Waals surface area contributed by atoms with Crippen molar-refractivity contribution in [2.75, 3.05) is 5.32 Å². The van der Waals surface area contributed by atoms with E-state index in [0.29, 0.717) is 0 Å². The van der Waals surface area contributed by atoms with E-state index in [2.05, 4.69) is 15.4 Å². The second-order valence-electron chi connectivity index (χ2n) is 3.10. The van der Waals surface area contributed by atoms with Gasteiger partial charge in [0.15, 0.2) is 5.13 Å². The Balaban J connectivity index is 2.01. The molecule has 2 aromatic rings. The van der Waals surface area contributed by atoms with Gasteiger partial charge >= 0.3 is 0 Å². The molecule has 0 aliphatic rings. The third-order valence-corrected chi connectivity index (χ3v) is 2.71. The van der Waals surface area contributed by atoms with Crippen LogP contribution in [0.15, 0.2) is 17.8 Å². The molecule has 0 bridgehead atoms. The van der Waals surface area contributed by atoms with Gasteiger partial charge in [0.1, 0.15) is 0 Å². The van der Waals surface area contributed by atoms with Crippen molar-refractivity contribution < 1.29 is 0 Å². The van der Waals surface area contributed by atoms with E-state index in [1.807, 2.05) is 30.2 Å². The normalized spacial score (nSPS) is 10.4. The van der Waals surface area contributed by atoms with Crippen molar-refractivity contribution >= 4 is 16.5 Å². The Labute approximate surface area is 86.6 Å². The fourth-order valence-electron chi connectivity index (χ4n) is 1.30. The smallest absolute Gasteiger partial charge is 0.182 e. The molecular formula is C9H12N4S. The molecule has 0 aliphatic carbocycles. The van der Waals surface area contributed by atoms with Gasteiger partial charge in [-0.1, -0.05) is 0 Å². The minimum atomic E-state index is 0.785. The van der Waals surface area contributed by atoms with Crippen LogP contribution in [0.1, 0.15) is 11.3 Å². The van der Waals surface area contributed by atoms with Crippen LogP contribution >= 0.6 is 11.3 Å². The molecule has 0 saturated carbocycles. The van der Waals surface area contributed by atoms with Gasteiger partial charge in [-0.25, -0.2) is 4.98 Å². The van der Waals surface area contributed by atoms with E-state index in [4.69, 9.17) is 0 Å². The molecule has 0 aromatic carbocycles. The number of aryl methyl sites for hydroxylation is 2. The summed E-state index contributed by atoms with van der Waals surface area (Å²) < 4.78 is 1.83. The number of aromatic nitrogens is 3. The summed E-state index contributed by atoms with van der Waals surface area (Å²) in [5, 5.41) is 10.4. The van der Waals surface area contributed by atoms with Gasteiger partial charge in [0.05, 0.1) is 5.69 Å². The largest absolute Gasteiger partial charge is 0.357 e. The van der Waals surface area contributed by atoms with Crippen LogP contribution < -0.4 is 5.32 Å². The molecule has 0 amide bonds. The van der Waals surface area contributed by atoms with Gasteiger partial charge in [-0.15, -0.1) is 11.3 Å². The van der Waals surface area contributed by atoms with Crippen LogP contribution in [0, 0.1) is 6.92 Å². The second kappa shape index (κ2) is 3.79. The van der Waals surface area contributed by atoms with Crippen molar-refractivity contribution in [1.29, 1.82) is 0 Å². The first-order valence-corrected chi connectivity index (χ1v) is 5.26. The number of rotatable bonds is 3. The predicted molar refractivity (Wildman–Crippen MR) is 57.4 cm³/mol. The maximum Gasteiger partial charge on any atom is 0.182 e. The molecule has 0 saturated heterocycles. The van der Waals surface area contributed by atoms with Gasteiger partial charge in [0.25, 0.3) is 0 Å². The molecule has 14 heavy (non-hydrogen) atoms. The van der Waals surface area contributed by atoms with Gasteiger partial charge in [-0.05, 0) is 6.92 Å². The second-order valence-corrected chi connectivity index (χ2v) is 4.00. The molecule has 0 atom stereocenters. The maximum absolute atomic E-state index is 4.27. The number of anilines is 1. The average Bonchev–Trinajstić information content (AvgIpc) is 2.72. The summed E-state index contributed by atoms with van der Waals surface area (Å²) in [4.78, 5) is 4.15. The number of thiazole rings is 1. The SMILES string of the molecule is Cc1nn(C)cc1CNc1nccs1. The molecule has 2 rings (SSSR count). The van der Waals surface area contributed by atoms with Gasteiger partial charge < -0.3 is 5.32 Å². The van der Waals surface area contributed by atoms with Crippen molar-refractivity contribution in [2.24, 2.45) is 7.05 Å². The summed E-state index contributed by atoms with van der Waals surface area (Å²) in [5.74, 6) is 0. The van der Waals surface area contributed by atoms with E-state index in [9.17, 15) is 0 Å². The fourth-order valence-corrected chi connectivity index (χ4v) is 1.83. The molecule has 2 heterocycles. The highest BCUT2D eigenvalue weighted by Crippen LogP contribution is 2.13. The first kappa shape index (κ1) is 9.21. The Bertz CT molecular complexity index is 404. The number of nitrogens with zero attached hydrogens (tertiary/aromatic N) is 3. The minimum Gasteiger partial charge on any atom is -0.357 e. The highest BCUT2D eigenvalue weighted by molar-refractivity contribution is 7.13. The minimum absolute atomic E-state index is 0.785. The highest BCUT2D eigenvalue weighted by atomic mass is 32.1. The zero-order chi connectivity index (χ0) is 9.97. The van der Waals surface area contributed by atoms with Crippen molar-refractivity contribution in [3.05, 3.63) is 29.0 Å². The summed E-state index contributed by atoms with van der Waals surface area (Å²) in [6.07, 6.45) is 3.82. The van der Waals surface area contributed by atoms with Gasteiger partial charge in [0, 0.05) is 36.9 Å². The molecule has 0 unspecified atom stereocenters. The van der Waals surface area contributed by atoms with Crippen LogP contribution in [-0.4, -0.2) is 14.8 Å². The van der Waals surface area contributed by atoms with Crippen LogP contribution in [0.5, 0.6) is 0 Å². The molecule has 0 spiro atoms. The Morgan fingerprint density at radius 1 is 1.57 bits per heavy atom. The van der Waals surface area contributed by atoms with Crippen molar-refractivity contribution in [3.63, 3.8) is 0 Å². The molecule has 0 radical (unpaired) electrons. The Morgan fingerprint density at radius 2 is 2.43 bits per heavy atom. The Morgan fingerprint density at radius 3 is 3.00 bits per heavy atom. The molecule has 2 aromatic heterocycles. The highest BCUT2D eigenvalue weighted by Gasteiger charge is 2.02. The van der Waals surface area contributed by atoms with Gasteiger partial charge in [-0.3, -0.25) is 4.68 Å². The van der Waals surface area contributed by atoms with Gasteiger partial charge in [0.2, 0.25) is 0 Å². The lowest BCUT2D eigenvalue weighted by atomic mass is 10.3. The standard InChI is InChI=1S/C9H12N4S/c1-7-8(6-13(2)12-7)5-11-9-10-3-4-14-9/h3-4,6H,5H2,1-2H3,(H,10,11). The van der Waals surface area contributed by atoms with Crippen LogP contribution in [0.3, 0.4) is 0 Å². The van der Waals surface area contributed by atoms with Crippen molar-refractivity contribution in [1.82, 2.24) is 14.8 Å². The van der Waals surface area contributed by atoms with E-state index >= 15 is 0 Å². The quantitative estimate of drug-likeness (QED) is 0.836. The number of nitrogens with one attached hydrogen (secondary N) is 1. The lowest BCUT2D eigenvalue weighted by Crippen LogP contribution is -1.98. The third-order valence-electron chi connectivity index (χ3n) is 1.98. The average molecular weight is 208 g/mol. The topological polar surface area (TPSA) is 42.7 Å². The Hall–Kier alpha value is -1.36. The third kappa shape index (κ3) is 1.93. The number of hydrogen-bond donors (Lipinski definition) is 1. The van der Waals surface area contributed by atoms with E-state index in [0.717, 1.165) is 17.4 Å². The molecule has 0 aliphatic heterocycles. The lowest BCUT2D eigenvalue weighted by Gasteiger charge is -1.99. The van der Waals surface area contributed by atoms with E-state index in [1.54, 1.807) is 17.5 Å². The fraction of sp³-hybridized carbons (Fsp3) is 0.333. The van der Waals surface area contributed by atoms with Crippen LogP contribution in [0.4, 0.5) is 5.13 Å². The molecule has 5 heteroatoms. The van der Waals surface area contributed by atoms with Crippen molar-refractivity contribution in [2.45, 2.75) is 13.5 Å². The maximum atomic E-state index is 4.27. The summed E-state index contributed by atoms with van der Waals surface area (Å²) in [6.45, 7) is 2.80. The zero-order valence-corrected chi connectivity index (χ0v) is 9.01. The molecular weight excluding hydrogens is 196 g/mol. The molecule has 0 fully saturated rings. The summed E-state index contributed by atoms with van der Waals surface area (Å²) in [7, 11) is 1.93.